The van der Waals surface area contributed by atoms with Crippen LogP contribution in [0.25, 0.3) is 10.9 Å². The summed E-state index contributed by atoms with van der Waals surface area (Å²) in [5, 5.41) is 19.8. The molecular weight excluding hydrogens is 274 g/mol. The maximum atomic E-state index is 11.2. The lowest BCUT2D eigenvalue weighted by Crippen LogP contribution is -2.25. The van der Waals surface area contributed by atoms with Gasteiger partial charge in [0.25, 0.3) is 0 Å². The Morgan fingerprint density at radius 3 is 2.70 bits per heavy atom. The first-order valence-corrected chi connectivity index (χ1v) is 7.54. The first-order valence-electron chi connectivity index (χ1n) is 7.16. The number of fused-ring (bicyclic) bond motifs is 2. The third-order valence-electron chi connectivity index (χ3n) is 5.10. The molecule has 2 aliphatic carbocycles. The molecule has 0 amide bonds. The Kier molecular flexibility index (Phi) is 2.65. The van der Waals surface area contributed by atoms with Crippen molar-refractivity contribution >= 4 is 22.5 Å². The number of halogens is 1. The molecule has 2 aromatic rings. The third-order valence-corrected chi connectivity index (χ3v) is 5.32. The molecule has 0 aliphatic heterocycles. The van der Waals surface area contributed by atoms with Crippen molar-refractivity contribution < 1.29 is 5.11 Å². The monoisotopic (exact) mass is 291 g/mol. The van der Waals surface area contributed by atoms with Gasteiger partial charge < -0.3 is 10.8 Å². The SMILES string of the molecule is NC1CC2CC(O)(c3cc(Cl)cc4[nH]ncc34)CC2C1. The molecule has 2 aliphatic rings. The lowest BCUT2D eigenvalue weighted by atomic mass is 9.87. The molecule has 106 valence electrons. The molecule has 2 unspecified atom stereocenters. The molecule has 20 heavy (non-hydrogen) atoms. The minimum Gasteiger partial charge on any atom is -0.385 e. The minimum absolute atomic E-state index is 0.308. The van der Waals surface area contributed by atoms with Crippen LogP contribution in [0.2, 0.25) is 5.02 Å². The van der Waals surface area contributed by atoms with E-state index in [-0.39, 0.29) is 0 Å². The number of nitrogens with zero attached hydrogens (tertiary/aromatic N) is 1. The number of nitrogens with one attached hydrogen (secondary N) is 1. The zero-order chi connectivity index (χ0) is 13.9. The topological polar surface area (TPSA) is 74.9 Å². The number of hydrogen-bond acceptors (Lipinski definition) is 3. The Hall–Kier alpha value is -1.10. The molecule has 0 saturated heterocycles. The summed E-state index contributed by atoms with van der Waals surface area (Å²) >= 11 is 6.19. The van der Waals surface area contributed by atoms with Gasteiger partial charge in [-0.1, -0.05) is 11.6 Å². The summed E-state index contributed by atoms with van der Waals surface area (Å²) in [6.07, 6.45) is 5.40. The van der Waals surface area contributed by atoms with Crippen LogP contribution >= 0.6 is 11.6 Å². The summed E-state index contributed by atoms with van der Waals surface area (Å²) < 4.78 is 0. The van der Waals surface area contributed by atoms with E-state index in [4.69, 9.17) is 17.3 Å². The molecule has 0 radical (unpaired) electrons. The first-order chi connectivity index (χ1) is 9.55. The molecule has 4 rings (SSSR count). The number of rotatable bonds is 1. The van der Waals surface area contributed by atoms with Crippen LogP contribution in [0.1, 0.15) is 31.2 Å². The van der Waals surface area contributed by atoms with Gasteiger partial charge in [-0.3, -0.25) is 5.10 Å². The first kappa shape index (κ1) is 12.6. The van der Waals surface area contributed by atoms with Crippen LogP contribution in [0, 0.1) is 11.8 Å². The number of aromatic nitrogens is 2. The Balaban J connectivity index is 1.78. The molecule has 2 fully saturated rings. The molecule has 4 nitrogen and oxygen atoms in total. The second-order valence-electron chi connectivity index (χ2n) is 6.48. The summed E-state index contributed by atoms with van der Waals surface area (Å²) in [5.41, 5.74) is 7.04. The standard InChI is InChI=1S/C15H18ClN3O/c16-10-3-13(12-7-18-19-14(12)4-10)15(20)5-8-1-11(17)2-9(8)6-15/h3-4,7-9,11,20H,1-2,5-6,17H2,(H,18,19). The van der Waals surface area contributed by atoms with Crippen molar-refractivity contribution in [3.63, 3.8) is 0 Å². The number of benzene rings is 1. The van der Waals surface area contributed by atoms with Crippen LogP contribution in [-0.4, -0.2) is 21.3 Å². The maximum Gasteiger partial charge on any atom is 0.0909 e. The molecule has 0 bridgehead atoms. The lowest BCUT2D eigenvalue weighted by Gasteiger charge is -2.26. The highest BCUT2D eigenvalue weighted by molar-refractivity contribution is 6.31. The van der Waals surface area contributed by atoms with E-state index in [0.717, 1.165) is 42.1 Å². The second kappa shape index (κ2) is 4.20. The van der Waals surface area contributed by atoms with E-state index in [1.807, 2.05) is 12.1 Å². The van der Waals surface area contributed by atoms with Gasteiger partial charge in [0.2, 0.25) is 0 Å². The normalized spacial score (nSPS) is 36.6. The minimum atomic E-state index is -0.789. The van der Waals surface area contributed by atoms with Gasteiger partial charge in [0.05, 0.1) is 17.3 Å². The summed E-state index contributed by atoms with van der Waals surface area (Å²) in [4.78, 5) is 0. The quantitative estimate of drug-likeness (QED) is 0.756. The highest BCUT2D eigenvalue weighted by atomic mass is 35.5. The molecule has 2 saturated carbocycles. The third kappa shape index (κ3) is 1.79. The molecule has 2 atom stereocenters. The van der Waals surface area contributed by atoms with E-state index in [9.17, 15) is 5.11 Å². The molecule has 1 aromatic heterocycles. The van der Waals surface area contributed by atoms with Crippen molar-refractivity contribution in [2.75, 3.05) is 0 Å². The number of aliphatic hydroxyl groups is 1. The summed E-state index contributed by atoms with van der Waals surface area (Å²) in [6, 6.07) is 4.05. The van der Waals surface area contributed by atoms with E-state index in [0.29, 0.717) is 22.9 Å². The fraction of sp³-hybridized carbons (Fsp3) is 0.533. The second-order valence-corrected chi connectivity index (χ2v) is 6.91. The van der Waals surface area contributed by atoms with Crippen molar-refractivity contribution in [2.45, 2.75) is 37.3 Å². The van der Waals surface area contributed by atoms with Crippen molar-refractivity contribution in [1.29, 1.82) is 0 Å². The average molecular weight is 292 g/mol. The maximum absolute atomic E-state index is 11.2. The van der Waals surface area contributed by atoms with Crippen molar-refractivity contribution in [3.05, 3.63) is 28.9 Å². The van der Waals surface area contributed by atoms with E-state index >= 15 is 0 Å². The highest BCUT2D eigenvalue weighted by Gasteiger charge is 2.49. The largest absolute Gasteiger partial charge is 0.385 e. The predicted octanol–water partition coefficient (Wildman–Crippen LogP) is 2.55. The van der Waals surface area contributed by atoms with E-state index < -0.39 is 5.60 Å². The van der Waals surface area contributed by atoms with Crippen LogP contribution in [0.3, 0.4) is 0 Å². The van der Waals surface area contributed by atoms with E-state index in [1.165, 1.54) is 0 Å². The Morgan fingerprint density at radius 2 is 2.00 bits per heavy atom. The molecule has 0 spiro atoms. The number of aromatic amines is 1. The van der Waals surface area contributed by atoms with Crippen molar-refractivity contribution in [3.8, 4) is 0 Å². The van der Waals surface area contributed by atoms with Crippen LogP contribution < -0.4 is 5.73 Å². The van der Waals surface area contributed by atoms with E-state index in [1.54, 1.807) is 6.20 Å². The van der Waals surface area contributed by atoms with Crippen molar-refractivity contribution in [1.82, 2.24) is 10.2 Å². The molecule has 1 heterocycles. The highest BCUT2D eigenvalue weighted by Crippen LogP contribution is 2.53. The predicted molar refractivity (Wildman–Crippen MR) is 78.4 cm³/mol. The molecule has 4 N–H and O–H groups in total. The van der Waals surface area contributed by atoms with Crippen LogP contribution in [-0.2, 0) is 5.60 Å². The van der Waals surface area contributed by atoms with Gasteiger partial charge in [-0.25, -0.2) is 0 Å². The molecular formula is C15H18ClN3O. The van der Waals surface area contributed by atoms with Gasteiger partial charge in [-0.2, -0.15) is 5.10 Å². The van der Waals surface area contributed by atoms with Gasteiger partial charge in [0.15, 0.2) is 0 Å². The van der Waals surface area contributed by atoms with Gasteiger partial charge >= 0.3 is 0 Å². The summed E-state index contributed by atoms with van der Waals surface area (Å²) in [6.45, 7) is 0. The number of hydrogen-bond donors (Lipinski definition) is 3. The fourth-order valence-corrected chi connectivity index (χ4v) is 4.55. The van der Waals surface area contributed by atoms with E-state index in [2.05, 4.69) is 10.2 Å². The zero-order valence-corrected chi connectivity index (χ0v) is 11.9. The van der Waals surface area contributed by atoms with Crippen LogP contribution in [0.4, 0.5) is 0 Å². The zero-order valence-electron chi connectivity index (χ0n) is 11.1. The van der Waals surface area contributed by atoms with Gasteiger partial charge in [0.1, 0.15) is 0 Å². The fourth-order valence-electron chi connectivity index (χ4n) is 4.33. The smallest absolute Gasteiger partial charge is 0.0909 e. The Bertz CT molecular complexity index is 654. The van der Waals surface area contributed by atoms with Gasteiger partial charge in [-0.05, 0) is 55.2 Å². The molecule has 5 heteroatoms. The van der Waals surface area contributed by atoms with Crippen molar-refractivity contribution in [2.24, 2.45) is 17.6 Å². The van der Waals surface area contributed by atoms with Crippen LogP contribution in [0.5, 0.6) is 0 Å². The lowest BCUT2D eigenvalue weighted by molar-refractivity contribution is 0.0361. The number of H-pyrrole nitrogens is 1. The Morgan fingerprint density at radius 1 is 1.30 bits per heavy atom. The Labute approximate surface area is 122 Å². The van der Waals surface area contributed by atoms with Gasteiger partial charge in [-0.15, -0.1) is 0 Å². The molecule has 1 aromatic carbocycles. The summed E-state index contributed by atoms with van der Waals surface area (Å²) in [7, 11) is 0. The summed E-state index contributed by atoms with van der Waals surface area (Å²) in [5.74, 6) is 1.08. The average Bonchev–Trinajstić information content (AvgIpc) is 3.01. The number of nitrogens with two attached hydrogens (primary N) is 1. The van der Waals surface area contributed by atoms with Crippen LogP contribution in [0.15, 0.2) is 18.3 Å². The van der Waals surface area contributed by atoms with Gasteiger partial charge in [0, 0.05) is 16.5 Å².